The first-order chi connectivity index (χ1) is 11.3. The average molecular weight is 375 g/mol. The van der Waals surface area contributed by atoms with Gasteiger partial charge in [-0.05, 0) is 31.5 Å². The number of piperazine rings is 1. The molecule has 0 aromatic heterocycles. The Morgan fingerprint density at radius 3 is 2.62 bits per heavy atom. The third kappa shape index (κ3) is 4.92. The van der Waals surface area contributed by atoms with Gasteiger partial charge in [-0.3, -0.25) is 4.79 Å². The maximum Gasteiger partial charge on any atom is 0.275 e. The number of benzene rings is 1. The molecule has 24 heavy (non-hydrogen) atoms. The number of hydrogen-bond donors (Lipinski definition) is 2. The summed E-state index contributed by atoms with van der Waals surface area (Å²) in [5.41, 5.74) is 0. The molecule has 6 nitrogen and oxygen atoms in total. The molecule has 0 saturated carbocycles. The van der Waals surface area contributed by atoms with Gasteiger partial charge in [-0.25, -0.2) is 8.42 Å². The number of nitrogens with zero attached hydrogens (tertiary/aromatic N) is 1. The van der Waals surface area contributed by atoms with Crippen molar-refractivity contribution < 1.29 is 18.1 Å². The lowest BCUT2D eigenvalue weighted by atomic mass is 10.2. The summed E-state index contributed by atoms with van der Waals surface area (Å²) in [6.07, 6.45) is 0.896. The van der Waals surface area contributed by atoms with Gasteiger partial charge in [0.15, 0.2) is 6.54 Å². The summed E-state index contributed by atoms with van der Waals surface area (Å²) in [7, 11) is -3.52. The van der Waals surface area contributed by atoms with Gasteiger partial charge in [-0.15, -0.1) is 0 Å². The van der Waals surface area contributed by atoms with Crippen molar-refractivity contribution in [3.05, 3.63) is 29.3 Å². The first-order valence-electron chi connectivity index (χ1n) is 8.21. The Morgan fingerprint density at radius 1 is 1.38 bits per heavy atom. The van der Waals surface area contributed by atoms with E-state index in [4.69, 9.17) is 11.6 Å². The molecule has 134 valence electrons. The van der Waals surface area contributed by atoms with Crippen molar-refractivity contribution in [1.82, 2.24) is 9.62 Å². The molecular formula is C16H25ClN3O3S+. The fourth-order valence-electron chi connectivity index (χ4n) is 2.65. The minimum Gasteiger partial charge on any atom is -0.349 e. The summed E-state index contributed by atoms with van der Waals surface area (Å²) in [5, 5.41) is 3.35. The summed E-state index contributed by atoms with van der Waals surface area (Å²) in [6, 6.07) is 6.48. The van der Waals surface area contributed by atoms with E-state index in [9.17, 15) is 13.2 Å². The van der Waals surface area contributed by atoms with E-state index in [2.05, 4.69) is 5.32 Å². The van der Waals surface area contributed by atoms with Gasteiger partial charge in [0.25, 0.3) is 5.91 Å². The van der Waals surface area contributed by atoms with Crippen LogP contribution in [-0.2, 0) is 14.8 Å². The molecule has 2 rings (SSSR count). The highest BCUT2D eigenvalue weighted by molar-refractivity contribution is 7.89. The highest BCUT2D eigenvalue weighted by Crippen LogP contribution is 2.19. The van der Waals surface area contributed by atoms with E-state index in [0.717, 1.165) is 11.3 Å². The number of nitrogens with one attached hydrogen (secondary N) is 2. The van der Waals surface area contributed by atoms with Crippen molar-refractivity contribution in [3.8, 4) is 0 Å². The largest absolute Gasteiger partial charge is 0.349 e. The molecule has 0 bridgehead atoms. The van der Waals surface area contributed by atoms with Crippen LogP contribution in [0.3, 0.4) is 0 Å². The van der Waals surface area contributed by atoms with Crippen molar-refractivity contribution >= 4 is 27.5 Å². The topological polar surface area (TPSA) is 70.9 Å². The van der Waals surface area contributed by atoms with Crippen molar-refractivity contribution in [3.63, 3.8) is 0 Å². The van der Waals surface area contributed by atoms with E-state index in [1.807, 2.05) is 13.8 Å². The van der Waals surface area contributed by atoms with Crippen molar-refractivity contribution in [2.45, 2.75) is 31.2 Å². The smallest absolute Gasteiger partial charge is 0.275 e. The van der Waals surface area contributed by atoms with E-state index >= 15 is 0 Å². The molecule has 2 N–H and O–H groups in total. The molecule has 1 aliphatic rings. The molecular weight excluding hydrogens is 350 g/mol. The van der Waals surface area contributed by atoms with E-state index in [0.29, 0.717) is 37.7 Å². The minimum absolute atomic E-state index is 0.0190. The first-order valence-corrected chi connectivity index (χ1v) is 10.0. The van der Waals surface area contributed by atoms with Crippen LogP contribution in [0.4, 0.5) is 0 Å². The van der Waals surface area contributed by atoms with Gasteiger partial charge in [0.1, 0.15) is 0 Å². The van der Waals surface area contributed by atoms with Crippen LogP contribution in [0.2, 0.25) is 5.02 Å². The summed E-state index contributed by atoms with van der Waals surface area (Å²) < 4.78 is 26.7. The minimum atomic E-state index is -3.52. The van der Waals surface area contributed by atoms with E-state index in [1.165, 1.54) is 10.4 Å². The van der Waals surface area contributed by atoms with Gasteiger partial charge in [0.2, 0.25) is 10.0 Å². The summed E-state index contributed by atoms with van der Waals surface area (Å²) in [5.74, 6) is 0.0190. The molecule has 1 atom stereocenters. The monoisotopic (exact) mass is 374 g/mol. The summed E-state index contributed by atoms with van der Waals surface area (Å²) >= 11 is 5.89. The SMILES string of the molecule is CC[C@@H](C)NC(=O)C[NH+]1CCN(S(=O)(=O)c2cccc(Cl)c2)CC1. The van der Waals surface area contributed by atoms with Crippen LogP contribution < -0.4 is 10.2 Å². The Hall–Kier alpha value is -1.15. The molecule has 1 aliphatic heterocycles. The van der Waals surface area contributed by atoms with Crippen LogP contribution in [0.25, 0.3) is 0 Å². The zero-order chi connectivity index (χ0) is 17.7. The van der Waals surface area contributed by atoms with Crippen molar-refractivity contribution in [2.24, 2.45) is 0 Å². The third-order valence-electron chi connectivity index (χ3n) is 4.29. The predicted molar refractivity (Wildman–Crippen MR) is 93.7 cm³/mol. The van der Waals surface area contributed by atoms with Crippen LogP contribution in [0.15, 0.2) is 29.2 Å². The predicted octanol–water partition coefficient (Wildman–Crippen LogP) is 0.144. The molecule has 0 radical (unpaired) electrons. The second-order valence-electron chi connectivity index (χ2n) is 6.17. The standard InChI is InChI=1S/C16H24ClN3O3S/c1-3-13(2)18-16(21)12-19-7-9-20(10-8-19)24(22,23)15-6-4-5-14(17)11-15/h4-6,11,13H,3,7-10,12H2,1-2H3,(H,18,21)/p+1/t13-/m1/s1. The molecule has 8 heteroatoms. The number of carbonyl (C=O) groups excluding carboxylic acids is 1. The van der Waals surface area contributed by atoms with Crippen molar-refractivity contribution in [2.75, 3.05) is 32.7 Å². The van der Waals surface area contributed by atoms with Crippen LogP contribution in [0.1, 0.15) is 20.3 Å². The highest BCUT2D eigenvalue weighted by atomic mass is 35.5. The molecule has 1 fully saturated rings. The maximum atomic E-state index is 12.6. The molecule has 0 spiro atoms. The normalized spacial score (nSPS) is 18.3. The van der Waals surface area contributed by atoms with E-state index in [1.54, 1.807) is 18.2 Å². The summed E-state index contributed by atoms with van der Waals surface area (Å²) in [6.45, 7) is 6.43. The molecule has 0 aliphatic carbocycles. The number of amides is 1. The number of sulfonamides is 1. The van der Waals surface area contributed by atoms with Gasteiger partial charge in [0, 0.05) is 11.1 Å². The van der Waals surface area contributed by atoms with Crippen LogP contribution in [0.5, 0.6) is 0 Å². The van der Waals surface area contributed by atoms with Crippen LogP contribution >= 0.6 is 11.6 Å². The Kier molecular flexibility index (Phi) is 6.62. The summed E-state index contributed by atoms with van der Waals surface area (Å²) in [4.78, 5) is 13.3. The van der Waals surface area contributed by atoms with Gasteiger partial charge in [0.05, 0.1) is 31.1 Å². The number of carbonyl (C=O) groups is 1. The molecule has 1 aromatic carbocycles. The third-order valence-corrected chi connectivity index (χ3v) is 6.42. The number of quaternary nitrogens is 1. The fourth-order valence-corrected chi connectivity index (χ4v) is 4.39. The lowest BCUT2D eigenvalue weighted by Crippen LogP contribution is -3.15. The molecule has 1 aromatic rings. The Morgan fingerprint density at radius 2 is 2.04 bits per heavy atom. The lowest BCUT2D eigenvalue weighted by Gasteiger charge is -2.31. The Balaban J connectivity index is 1.91. The maximum absolute atomic E-state index is 12.6. The zero-order valence-electron chi connectivity index (χ0n) is 14.1. The fraction of sp³-hybridized carbons (Fsp3) is 0.562. The van der Waals surface area contributed by atoms with Crippen molar-refractivity contribution in [1.29, 1.82) is 0 Å². The quantitative estimate of drug-likeness (QED) is 0.744. The van der Waals surface area contributed by atoms with E-state index in [-0.39, 0.29) is 16.8 Å². The molecule has 0 unspecified atom stereocenters. The van der Waals surface area contributed by atoms with Gasteiger partial charge in [-0.2, -0.15) is 4.31 Å². The first kappa shape index (κ1) is 19.2. The number of rotatable bonds is 6. The molecule has 1 amide bonds. The second kappa shape index (κ2) is 8.29. The molecule has 1 saturated heterocycles. The average Bonchev–Trinajstić information content (AvgIpc) is 2.55. The van der Waals surface area contributed by atoms with E-state index < -0.39 is 10.0 Å². The second-order valence-corrected chi connectivity index (χ2v) is 8.54. The van der Waals surface area contributed by atoms with Crippen LogP contribution in [-0.4, -0.2) is 57.4 Å². The highest BCUT2D eigenvalue weighted by Gasteiger charge is 2.31. The van der Waals surface area contributed by atoms with Crippen LogP contribution in [0, 0.1) is 0 Å². The molecule has 1 heterocycles. The Labute approximate surface area is 148 Å². The van der Waals surface area contributed by atoms with Gasteiger partial charge >= 0.3 is 0 Å². The van der Waals surface area contributed by atoms with Gasteiger partial charge < -0.3 is 10.2 Å². The van der Waals surface area contributed by atoms with Gasteiger partial charge in [-0.1, -0.05) is 24.6 Å². The lowest BCUT2D eigenvalue weighted by molar-refractivity contribution is -0.895. The zero-order valence-corrected chi connectivity index (χ0v) is 15.7. The Bertz CT molecular complexity index is 673. The number of hydrogen-bond acceptors (Lipinski definition) is 3. The number of halogens is 1.